The van der Waals surface area contributed by atoms with Crippen LogP contribution in [0.2, 0.25) is 0 Å². The Kier molecular flexibility index (Phi) is 3.07. The topological polar surface area (TPSA) is 49.3 Å². The van der Waals surface area contributed by atoms with Gasteiger partial charge >= 0.3 is 5.97 Å². The van der Waals surface area contributed by atoms with E-state index in [1.807, 2.05) is 0 Å². The van der Waals surface area contributed by atoms with Crippen LogP contribution < -0.4 is 5.32 Å². The minimum Gasteiger partial charge on any atom is -0.481 e. The molecule has 0 aliphatic heterocycles. The van der Waals surface area contributed by atoms with Crippen LogP contribution >= 0.6 is 11.3 Å². The highest BCUT2D eigenvalue weighted by atomic mass is 32.1. The van der Waals surface area contributed by atoms with E-state index in [2.05, 4.69) is 24.4 Å². The fraction of sp³-hybridized carbons (Fsp3) is 0.545. The second kappa shape index (κ2) is 4.33. The third-order valence-corrected chi connectivity index (χ3v) is 3.93. The summed E-state index contributed by atoms with van der Waals surface area (Å²) in [6, 6.07) is 4.36. The maximum Gasteiger partial charge on any atom is 0.308 e. The monoisotopic (exact) mass is 225 g/mol. The molecule has 0 saturated heterocycles. The Bertz CT molecular complexity index is 361. The number of hydrogen-bond donors (Lipinski definition) is 2. The summed E-state index contributed by atoms with van der Waals surface area (Å²) in [5.74, 6) is -0.841. The van der Waals surface area contributed by atoms with Crippen LogP contribution in [0.4, 0.5) is 0 Å². The largest absolute Gasteiger partial charge is 0.481 e. The van der Waals surface area contributed by atoms with Crippen LogP contribution in [0.15, 0.2) is 12.1 Å². The van der Waals surface area contributed by atoms with Crippen molar-refractivity contribution in [3.63, 3.8) is 0 Å². The fourth-order valence-electron chi connectivity index (χ4n) is 1.85. The molecule has 82 valence electrons. The smallest absolute Gasteiger partial charge is 0.308 e. The van der Waals surface area contributed by atoms with Gasteiger partial charge in [-0.15, -0.1) is 11.3 Å². The maximum absolute atomic E-state index is 10.8. The summed E-state index contributed by atoms with van der Waals surface area (Å²) < 4.78 is 0. The zero-order chi connectivity index (χ0) is 10.8. The molecule has 2 unspecified atom stereocenters. The van der Waals surface area contributed by atoms with Gasteiger partial charge in [0.15, 0.2) is 0 Å². The number of aryl methyl sites for hydroxylation is 1. The molecule has 1 fully saturated rings. The minimum absolute atomic E-state index is 0.171. The predicted octanol–water partition coefficient (Wildman–Crippen LogP) is 2.01. The van der Waals surface area contributed by atoms with Crippen molar-refractivity contribution in [2.45, 2.75) is 32.4 Å². The van der Waals surface area contributed by atoms with Gasteiger partial charge in [-0.1, -0.05) is 0 Å². The van der Waals surface area contributed by atoms with Crippen LogP contribution in [-0.2, 0) is 11.3 Å². The van der Waals surface area contributed by atoms with Crippen LogP contribution in [0.5, 0.6) is 0 Å². The van der Waals surface area contributed by atoms with Crippen LogP contribution in [-0.4, -0.2) is 17.1 Å². The van der Waals surface area contributed by atoms with Crippen LogP contribution in [0, 0.1) is 12.8 Å². The number of thiophene rings is 1. The molecule has 0 aromatic carbocycles. The van der Waals surface area contributed by atoms with Crippen LogP contribution in [0.1, 0.15) is 22.6 Å². The Morgan fingerprint density at radius 3 is 2.87 bits per heavy atom. The van der Waals surface area contributed by atoms with E-state index in [4.69, 9.17) is 5.11 Å². The molecule has 2 rings (SSSR count). The predicted molar refractivity (Wildman–Crippen MR) is 60.0 cm³/mol. The first-order chi connectivity index (χ1) is 7.16. The standard InChI is InChI=1S/C11H15NO2S/c1-7-2-3-8(15-7)6-12-10-5-4-9(10)11(13)14/h2-3,9-10,12H,4-6H2,1H3,(H,13,14). The highest BCUT2D eigenvalue weighted by Gasteiger charge is 2.35. The fourth-order valence-corrected chi connectivity index (χ4v) is 2.69. The van der Waals surface area contributed by atoms with E-state index < -0.39 is 5.97 Å². The molecule has 15 heavy (non-hydrogen) atoms. The van der Waals surface area contributed by atoms with Gasteiger partial charge in [0.1, 0.15) is 0 Å². The molecule has 1 aliphatic rings. The Hall–Kier alpha value is -0.870. The van der Waals surface area contributed by atoms with Gasteiger partial charge in [-0.25, -0.2) is 0 Å². The van der Waals surface area contributed by atoms with E-state index in [0.29, 0.717) is 0 Å². The van der Waals surface area contributed by atoms with E-state index in [0.717, 1.165) is 19.4 Å². The van der Waals surface area contributed by atoms with Gasteiger partial charge in [0.05, 0.1) is 5.92 Å². The third kappa shape index (κ3) is 2.38. The molecule has 2 N–H and O–H groups in total. The van der Waals surface area contributed by atoms with Crippen molar-refractivity contribution >= 4 is 17.3 Å². The number of aliphatic carboxylic acids is 1. The van der Waals surface area contributed by atoms with Crippen molar-refractivity contribution in [2.75, 3.05) is 0 Å². The summed E-state index contributed by atoms with van der Waals surface area (Å²) in [5, 5.41) is 12.2. The van der Waals surface area contributed by atoms with E-state index in [9.17, 15) is 4.79 Å². The summed E-state index contributed by atoms with van der Waals surface area (Å²) in [7, 11) is 0. The molecule has 0 amide bonds. The van der Waals surface area contributed by atoms with E-state index in [-0.39, 0.29) is 12.0 Å². The number of hydrogen-bond acceptors (Lipinski definition) is 3. The molecule has 0 radical (unpaired) electrons. The zero-order valence-electron chi connectivity index (χ0n) is 8.69. The molecule has 3 nitrogen and oxygen atoms in total. The number of carboxylic acid groups (broad SMARTS) is 1. The molecule has 1 aromatic heterocycles. The highest BCUT2D eigenvalue weighted by molar-refractivity contribution is 7.11. The van der Waals surface area contributed by atoms with Crippen molar-refractivity contribution < 1.29 is 9.90 Å². The Morgan fingerprint density at radius 2 is 2.40 bits per heavy atom. The Labute approximate surface area is 93.1 Å². The molecule has 0 bridgehead atoms. The molecule has 1 saturated carbocycles. The van der Waals surface area contributed by atoms with Crippen molar-refractivity contribution in [1.29, 1.82) is 0 Å². The Morgan fingerprint density at radius 1 is 1.60 bits per heavy atom. The molecule has 0 spiro atoms. The van der Waals surface area contributed by atoms with Crippen molar-refractivity contribution in [3.8, 4) is 0 Å². The lowest BCUT2D eigenvalue weighted by Gasteiger charge is -2.34. The summed E-state index contributed by atoms with van der Waals surface area (Å²) >= 11 is 1.76. The molecule has 1 heterocycles. The lowest BCUT2D eigenvalue weighted by molar-refractivity contribution is -0.146. The normalized spacial score (nSPS) is 24.9. The van der Waals surface area contributed by atoms with Gasteiger partial charge in [0.25, 0.3) is 0 Å². The number of nitrogens with one attached hydrogen (secondary N) is 1. The minimum atomic E-state index is -0.666. The van der Waals surface area contributed by atoms with Gasteiger partial charge in [-0.2, -0.15) is 0 Å². The molecular formula is C11H15NO2S. The third-order valence-electron chi connectivity index (χ3n) is 2.93. The van der Waals surface area contributed by atoms with E-state index in [1.165, 1.54) is 9.75 Å². The van der Waals surface area contributed by atoms with E-state index >= 15 is 0 Å². The quantitative estimate of drug-likeness (QED) is 0.824. The highest BCUT2D eigenvalue weighted by Crippen LogP contribution is 2.28. The molecule has 1 aliphatic carbocycles. The average molecular weight is 225 g/mol. The second-order valence-corrected chi connectivity index (χ2v) is 5.39. The van der Waals surface area contributed by atoms with Crippen molar-refractivity contribution in [1.82, 2.24) is 5.32 Å². The van der Waals surface area contributed by atoms with Gasteiger partial charge in [0, 0.05) is 22.3 Å². The first-order valence-corrected chi connectivity index (χ1v) is 6.00. The zero-order valence-corrected chi connectivity index (χ0v) is 9.51. The van der Waals surface area contributed by atoms with Crippen molar-refractivity contribution in [2.24, 2.45) is 5.92 Å². The first-order valence-electron chi connectivity index (χ1n) is 5.18. The SMILES string of the molecule is Cc1ccc(CNC2CCC2C(=O)O)s1. The summed E-state index contributed by atoms with van der Waals surface area (Å²) in [4.78, 5) is 13.4. The summed E-state index contributed by atoms with van der Waals surface area (Å²) in [6.07, 6.45) is 1.80. The van der Waals surface area contributed by atoms with Crippen LogP contribution in [0.25, 0.3) is 0 Å². The lowest BCUT2D eigenvalue weighted by atomic mass is 9.79. The van der Waals surface area contributed by atoms with Gasteiger partial charge in [0.2, 0.25) is 0 Å². The maximum atomic E-state index is 10.8. The average Bonchev–Trinajstić information content (AvgIpc) is 2.48. The lowest BCUT2D eigenvalue weighted by Crippen LogP contribution is -2.47. The summed E-state index contributed by atoms with van der Waals surface area (Å²) in [5.41, 5.74) is 0. The Balaban J connectivity index is 1.81. The number of rotatable bonds is 4. The summed E-state index contributed by atoms with van der Waals surface area (Å²) in [6.45, 7) is 2.88. The van der Waals surface area contributed by atoms with Gasteiger partial charge in [-0.3, -0.25) is 4.79 Å². The number of carboxylic acids is 1. The first kappa shape index (κ1) is 10.6. The van der Waals surface area contributed by atoms with Crippen LogP contribution in [0.3, 0.4) is 0 Å². The van der Waals surface area contributed by atoms with E-state index in [1.54, 1.807) is 11.3 Å². The molecular weight excluding hydrogens is 210 g/mol. The molecule has 4 heteroatoms. The van der Waals surface area contributed by atoms with Gasteiger partial charge < -0.3 is 10.4 Å². The molecule has 1 aromatic rings. The molecule has 2 atom stereocenters. The number of carbonyl (C=O) groups is 1. The van der Waals surface area contributed by atoms with Gasteiger partial charge in [-0.05, 0) is 31.9 Å². The van der Waals surface area contributed by atoms with Crippen molar-refractivity contribution in [3.05, 3.63) is 21.9 Å². The second-order valence-electron chi connectivity index (χ2n) is 4.02.